The number of rotatable bonds is 3. The predicted octanol–water partition coefficient (Wildman–Crippen LogP) is 4.28. The number of hydrogen-bond acceptors (Lipinski definition) is 2. The Morgan fingerprint density at radius 3 is 2.54 bits per heavy atom. The van der Waals surface area contributed by atoms with Gasteiger partial charge >= 0.3 is 0 Å². The van der Waals surface area contributed by atoms with Crippen molar-refractivity contribution in [2.75, 3.05) is 0 Å². The molecule has 146 valence electrons. The first-order chi connectivity index (χ1) is 13.5. The first kappa shape index (κ1) is 19.5. The van der Waals surface area contributed by atoms with E-state index in [1.54, 1.807) is 24.3 Å². The van der Waals surface area contributed by atoms with Crippen molar-refractivity contribution in [1.82, 2.24) is 10.6 Å². The average Bonchev–Trinajstić information content (AvgIpc) is 2.70. The molecule has 5 unspecified atom stereocenters. The highest BCUT2D eigenvalue weighted by Gasteiger charge is 2.47. The second-order valence-corrected chi connectivity index (χ2v) is 9.26. The van der Waals surface area contributed by atoms with E-state index >= 15 is 0 Å². The van der Waals surface area contributed by atoms with Crippen molar-refractivity contribution >= 4 is 39.3 Å². The lowest BCUT2D eigenvalue weighted by atomic mass is 9.68. The number of carbonyl (C=O) groups excluding carboxylic acids is 2. The van der Waals surface area contributed by atoms with Gasteiger partial charge in [0.25, 0.3) is 5.91 Å². The van der Waals surface area contributed by atoms with Crippen molar-refractivity contribution in [3.05, 3.63) is 70.7 Å². The third-order valence-corrected chi connectivity index (χ3v) is 7.02. The van der Waals surface area contributed by atoms with Gasteiger partial charge in [0, 0.05) is 16.8 Å². The summed E-state index contributed by atoms with van der Waals surface area (Å²) >= 11 is 9.95. The number of benzene rings is 2. The fourth-order valence-electron chi connectivity index (χ4n) is 4.55. The predicted molar refractivity (Wildman–Crippen MR) is 114 cm³/mol. The van der Waals surface area contributed by atoms with Crippen molar-refractivity contribution in [2.45, 2.75) is 42.1 Å². The van der Waals surface area contributed by atoms with Crippen LogP contribution in [0.2, 0.25) is 5.02 Å². The van der Waals surface area contributed by atoms with E-state index in [1.807, 2.05) is 30.3 Å². The molecule has 2 N–H and O–H groups in total. The zero-order valence-electron chi connectivity index (χ0n) is 15.3. The summed E-state index contributed by atoms with van der Waals surface area (Å²) in [7, 11) is 0. The second kappa shape index (κ2) is 8.26. The number of alkyl halides is 1. The van der Waals surface area contributed by atoms with Gasteiger partial charge in [0.2, 0.25) is 5.91 Å². The van der Waals surface area contributed by atoms with Crippen molar-refractivity contribution in [3.8, 4) is 0 Å². The Bertz CT molecular complexity index is 876. The molecule has 28 heavy (non-hydrogen) atoms. The topological polar surface area (TPSA) is 58.2 Å². The molecule has 0 spiro atoms. The van der Waals surface area contributed by atoms with Gasteiger partial charge in [-0.1, -0.05) is 70.0 Å². The van der Waals surface area contributed by atoms with E-state index in [2.05, 4.69) is 26.6 Å². The van der Waals surface area contributed by atoms with Gasteiger partial charge in [-0.25, -0.2) is 0 Å². The zero-order chi connectivity index (χ0) is 19.7. The Kier molecular flexibility index (Phi) is 5.74. The van der Waals surface area contributed by atoms with Crippen molar-refractivity contribution in [2.24, 2.45) is 5.92 Å². The third-order valence-electron chi connectivity index (χ3n) is 5.86. The molecule has 2 aliphatic rings. The minimum Gasteiger partial charge on any atom is -0.351 e. The monoisotopic (exact) mass is 460 g/mol. The molecule has 2 aromatic carbocycles. The van der Waals surface area contributed by atoms with Crippen LogP contribution in [-0.4, -0.2) is 28.7 Å². The Balaban J connectivity index is 1.68. The Hall–Kier alpha value is -1.85. The largest absolute Gasteiger partial charge is 0.351 e. The molecule has 0 radical (unpaired) electrons. The van der Waals surface area contributed by atoms with Crippen LogP contribution in [0.1, 0.15) is 41.1 Å². The zero-order valence-corrected chi connectivity index (χ0v) is 17.6. The van der Waals surface area contributed by atoms with Gasteiger partial charge in [0.1, 0.15) is 6.04 Å². The van der Waals surface area contributed by atoms with Gasteiger partial charge in [-0.15, -0.1) is 0 Å². The molecule has 2 aromatic rings. The van der Waals surface area contributed by atoms with Crippen molar-refractivity contribution in [3.63, 3.8) is 0 Å². The number of halogens is 2. The highest BCUT2D eigenvalue weighted by atomic mass is 79.9. The maximum absolute atomic E-state index is 13.0. The van der Waals surface area contributed by atoms with Gasteiger partial charge in [-0.2, -0.15) is 0 Å². The molecule has 0 aromatic heterocycles. The highest BCUT2D eigenvalue weighted by molar-refractivity contribution is 9.09. The number of hydrogen-bond donors (Lipinski definition) is 2. The van der Waals surface area contributed by atoms with Crippen LogP contribution in [-0.2, 0) is 4.79 Å². The summed E-state index contributed by atoms with van der Waals surface area (Å²) in [5.41, 5.74) is 1.46. The van der Waals surface area contributed by atoms with Gasteiger partial charge in [-0.3, -0.25) is 9.59 Å². The standard InChI is InChI=1S/C22H22BrClN2O2/c23-14-10-11-18-16(12-14)19(13-6-2-1-3-7-13)20(22(28)25-18)26-21(27)15-8-4-5-9-17(15)24/h1-9,14,16,18-20H,10-12H2,(H,25,28)(H,26,27). The number of piperidine rings is 1. The molecular weight excluding hydrogens is 440 g/mol. The lowest BCUT2D eigenvalue weighted by Gasteiger charge is -2.47. The van der Waals surface area contributed by atoms with Gasteiger partial charge in [0.05, 0.1) is 10.6 Å². The maximum Gasteiger partial charge on any atom is 0.253 e. The summed E-state index contributed by atoms with van der Waals surface area (Å²) in [5.74, 6) is -0.263. The highest BCUT2D eigenvalue weighted by Crippen LogP contribution is 2.43. The Morgan fingerprint density at radius 1 is 1.07 bits per heavy atom. The van der Waals surface area contributed by atoms with E-state index < -0.39 is 6.04 Å². The molecule has 0 bridgehead atoms. The summed E-state index contributed by atoms with van der Waals surface area (Å²) < 4.78 is 0. The minimum atomic E-state index is -0.634. The van der Waals surface area contributed by atoms with Crippen molar-refractivity contribution < 1.29 is 9.59 Å². The minimum absolute atomic E-state index is 0.0771. The molecule has 4 nitrogen and oxygen atoms in total. The number of fused-ring (bicyclic) bond motifs is 1. The summed E-state index contributed by atoms with van der Waals surface area (Å²) in [5, 5.41) is 6.50. The SMILES string of the molecule is O=C(NC1C(=O)NC2CCC(Br)CC2C1c1ccccc1)c1ccccc1Cl. The average molecular weight is 462 g/mol. The molecule has 2 fully saturated rings. The molecule has 1 aliphatic heterocycles. The molecular formula is C22H22BrClN2O2. The smallest absolute Gasteiger partial charge is 0.253 e. The molecule has 6 heteroatoms. The van der Waals surface area contributed by atoms with Crippen LogP contribution in [0.4, 0.5) is 0 Å². The fourth-order valence-corrected chi connectivity index (χ4v) is 5.46. The van der Waals surface area contributed by atoms with E-state index in [4.69, 9.17) is 11.6 Å². The van der Waals surface area contributed by atoms with Crippen LogP contribution in [0.5, 0.6) is 0 Å². The quantitative estimate of drug-likeness (QED) is 0.670. The van der Waals surface area contributed by atoms with E-state index in [9.17, 15) is 9.59 Å². The fraction of sp³-hybridized carbons (Fsp3) is 0.364. The summed E-state index contributed by atoms with van der Waals surface area (Å²) in [4.78, 5) is 26.3. The Labute approximate surface area is 178 Å². The molecule has 5 atom stereocenters. The molecule has 1 heterocycles. The van der Waals surface area contributed by atoms with Gasteiger partial charge < -0.3 is 10.6 Å². The molecule has 2 amide bonds. The number of amides is 2. The van der Waals surface area contributed by atoms with E-state index in [0.717, 1.165) is 24.8 Å². The van der Waals surface area contributed by atoms with E-state index in [1.165, 1.54) is 0 Å². The second-order valence-electron chi connectivity index (χ2n) is 7.56. The summed E-state index contributed by atoms with van der Waals surface area (Å²) in [6.07, 6.45) is 2.95. The molecule has 1 aliphatic carbocycles. The normalized spacial score (nSPS) is 29.5. The van der Waals surface area contributed by atoms with Gasteiger partial charge in [-0.05, 0) is 42.9 Å². The van der Waals surface area contributed by atoms with Crippen molar-refractivity contribution in [1.29, 1.82) is 0 Å². The van der Waals surface area contributed by atoms with Crippen LogP contribution in [0.25, 0.3) is 0 Å². The molecule has 4 rings (SSSR count). The summed E-state index contributed by atoms with van der Waals surface area (Å²) in [6, 6.07) is 16.4. The lowest BCUT2D eigenvalue weighted by Crippen LogP contribution is -2.62. The van der Waals surface area contributed by atoms with Crippen LogP contribution in [0, 0.1) is 5.92 Å². The number of carbonyl (C=O) groups is 2. The Morgan fingerprint density at radius 2 is 1.79 bits per heavy atom. The van der Waals surface area contributed by atoms with Crippen LogP contribution >= 0.6 is 27.5 Å². The third kappa shape index (κ3) is 3.83. The van der Waals surface area contributed by atoms with Crippen LogP contribution in [0.15, 0.2) is 54.6 Å². The first-order valence-corrected chi connectivity index (χ1v) is 10.9. The van der Waals surface area contributed by atoms with E-state index in [-0.39, 0.29) is 29.7 Å². The number of nitrogens with one attached hydrogen (secondary N) is 2. The van der Waals surface area contributed by atoms with Crippen LogP contribution < -0.4 is 10.6 Å². The van der Waals surface area contributed by atoms with Crippen LogP contribution in [0.3, 0.4) is 0 Å². The van der Waals surface area contributed by atoms with E-state index in [0.29, 0.717) is 15.4 Å². The lowest BCUT2D eigenvalue weighted by molar-refractivity contribution is -0.128. The van der Waals surface area contributed by atoms with Gasteiger partial charge in [0.15, 0.2) is 0 Å². The molecule has 1 saturated carbocycles. The first-order valence-electron chi connectivity index (χ1n) is 9.59. The summed E-state index contributed by atoms with van der Waals surface area (Å²) in [6.45, 7) is 0. The molecule has 1 saturated heterocycles. The maximum atomic E-state index is 13.0.